The first kappa shape index (κ1) is 14.5. The second kappa shape index (κ2) is 6.15. The smallest absolute Gasteiger partial charge is 0.260 e. The lowest BCUT2D eigenvalue weighted by molar-refractivity contribution is 0.0845. The van der Waals surface area contributed by atoms with Crippen molar-refractivity contribution < 1.29 is 9.53 Å². The molecule has 0 aliphatic carbocycles. The van der Waals surface area contributed by atoms with Crippen LogP contribution < -0.4 is 10.9 Å². The van der Waals surface area contributed by atoms with Gasteiger partial charge in [-0.1, -0.05) is 0 Å². The van der Waals surface area contributed by atoms with Crippen molar-refractivity contribution in [2.45, 2.75) is 12.5 Å². The zero-order valence-electron chi connectivity index (χ0n) is 12.3. The van der Waals surface area contributed by atoms with Crippen LogP contribution in [0.25, 0.3) is 0 Å². The monoisotopic (exact) mass is 302 g/mol. The van der Waals surface area contributed by atoms with E-state index in [1.54, 1.807) is 16.9 Å². The highest BCUT2D eigenvalue weighted by Gasteiger charge is 2.31. The highest BCUT2D eigenvalue weighted by atomic mass is 16.5. The molecule has 1 aliphatic heterocycles. The number of aromatic nitrogens is 3. The summed E-state index contributed by atoms with van der Waals surface area (Å²) in [7, 11) is 1.86. The van der Waals surface area contributed by atoms with Crippen molar-refractivity contribution in [3.8, 4) is 0 Å². The normalized spacial score (nSPS) is 21.0. The summed E-state index contributed by atoms with van der Waals surface area (Å²) in [5.41, 5.74) is 0.752. The van der Waals surface area contributed by atoms with Gasteiger partial charge in [-0.3, -0.25) is 14.3 Å². The molecule has 7 nitrogen and oxygen atoms in total. The van der Waals surface area contributed by atoms with Gasteiger partial charge in [-0.15, -0.1) is 0 Å². The van der Waals surface area contributed by atoms with Crippen molar-refractivity contribution in [1.82, 2.24) is 20.1 Å². The average molecular weight is 302 g/mol. The minimum absolute atomic E-state index is 0.0666. The maximum absolute atomic E-state index is 12.1. The molecule has 0 radical (unpaired) electrons. The highest BCUT2D eigenvalue weighted by molar-refractivity contribution is 5.93. The summed E-state index contributed by atoms with van der Waals surface area (Å²) in [5, 5.41) is 6.98. The Bertz CT molecular complexity index is 721. The molecule has 2 atom stereocenters. The van der Waals surface area contributed by atoms with Crippen molar-refractivity contribution in [2.24, 2.45) is 13.0 Å². The number of H-pyrrole nitrogens is 1. The van der Waals surface area contributed by atoms with E-state index in [1.165, 1.54) is 12.3 Å². The molecular formula is C15H18N4O3. The zero-order valence-corrected chi connectivity index (χ0v) is 12.3. The molecule has 1 aliphatic rings. The first-order chi connectivity index (χ1) is 10.6. The minimum Gasteiger partial charge on any atom is -0.373 e. The van der Waals surface area contributed by atoms with Crippen molar-refractivity contribution in [1.29, 1.82) is 0 Å². The fraction of sp³-hybridized carbons (Fsp3) is 0.400. The topological polar surface area (TPSA) is 89.0 Å². The van der Waals surface area contributed by atoms with Crippen LogP contribution in [0.2, 0.25) is 0 Å². The van der Waals surface area contributed by atoms with Crippen LogP contribution in [0.15, 0.2) is 35.5 Å². The molecule has 0 aromatic carbocycles. The van der Waals surface area contributed by atoms with Gasteiger partial charge in [0.05, 0.1) is 12.3 Å². The van der Waals surface area contributed by atoms with E-state index in [0.29, 0.717) is 13.2 Å². The summed E-state index contributed by atoms with van der Waals surface area (Å²) in [4.78, 5) is 26.2. The van der Waals surface area contributed by atoms with Crippen LogP contribution in [0.1, 0.15) is 28.4 Å². The van der Waals surface area contributed by atoms with Crippen LogP contribution in [0, 0.1) is 5.92 Å². The molecule has 0 saturated carbocycles. The molecule has 0 spiro atoms. The van der Waals surface area contributed by atoms with Crippen LogP contribution in [-0.2, 0) is 11.8 Å². The van der Waals surface area contributed by atoms with Gasteiger partial charge in [-0.05, 0) is 18.6 Å². The number of carbonyl (C=O) groups is 1. The van der Waals surface area contributed by atoms with Crippen LogP contribution in [0.4, 0.5) is 0 Å². The molecule has 3 rings (SSSR count). The minimum atomic E-state index is -0.383. The van der Waals surface area contributed by atoms with E-state index in [-0.39, 0.29) is 29.1 Å². The van der Waals surface area contributed by atoms with Gasteiger partial charge in [-0.2, -0.15) is 5.10 Å². The lowest BCUT2D eigenvalue weighted by Gasteiger charge is -2.17. The first-order valence-corrected chi connectivity index (χ1v) is 7.21. The molecule has 3 heterocycles. The van der Waals surface area contributed by atoms with Crippen LogP contribution >= 0.6 is 0 Å². The molecule has 7 heteroatoms. The molecule has 2 aromatic heterocycles. The molecule has 2 N–H and O–H groups in total. The SMILES string of the molecule is Cn1cc([C@@H]2OCC[C@H]2CNC(=O)c2ccc[nH]c2=O)cn1. The number of amides is 1. The molecule has 22 heavy (non-hydrogen) atoms. The van der Waals surface area contributed by atoms with Gasteiger partial charge in [-0.25, -0.2) is 0 Å². The van der Waals surface area contributed by atoms with Crippen molar-refractivity contribution >= 4 is 5.91 Å². The molecule has 1 saturated heterocycles. The fourth-order valence-corrected chi connectivity index (χ4v) is 2.72. The van der Waals surface area contributed by atoms with Crippen molar-refractivity contribution in [3.63, 3.8) is 0 Å². The Labute approximate surface area is 127 Å². The number of rotatable bonds is 4. The first-order valence-electron chi connectivity index (χ1n) is 7.21. The summed E-state index contributed by atoms with van der Waals surface area (Å²) >= 11 is 0. The number of hydrogen-bond acceptors (Lipinski definition) is 4. The molecule has 1 amide bonds. The van der Waals surface area contributed by atoms with Crippen molar-refractivity contribution in [3.05, 3.63) is 52.2 Å². The van der Waals surface area contributed by atoms with E-state index >= 15 is 0 Å². The third-order valence-electron chi connectivity index (χ3n) is 3.86. The maximum atomic E-state index is 12.1. The lowest BCUT2D eigenvalue weighted by atomic mass is 9.97. The Hall–Kier alpha value is -2.41. The standard InChI is InChI=1S/C15H18N4O3/c1-19-9-11(8-18-19)13-10(4-6-22-13)7-17-15(21)12-3-2-5-16-14(12)20/h2-3,5,8-10,13H,4,6-7H2,1H3,(H,16,20)(H,17,21)/t10-,13+/m0/s1. The third kappa shape index (κ3) is 2.94. The zero-order chi connectivity index (χ0) is 15.5. The van der Waals surface area contributed by atoms with Crippen LogP contribution in [0.5, 0.6) is 0 Å². The van der Waals surface area contributed by atoms with E-state index in [2.05, 4.69) is 15.4 Å². The molecule has 1 fully saturated rings. The Morgan fingerprint density at radius 2 is 2.45 bits per heavy atom. The number of nitrogens with one attached hydrogen (secondary N) is 2. The maximum Gasteiger partial charge on any atom is 0.260 e. The Balaban J connectivity index is 1.64. The van der Waals surface area contributed by atoms with Gasteiger partial charge < -0.3 is 15.0 Å². The van der Waals surface area contributed by atoms with E-state index in [1.807, 2.05) is 13.2 Å². The molecule has 2 aromatic rings. The van der Waals surface area contributed by atoms with Gasteiger partial charge in [0.15, 0.2) is 0 Å². The Kier molecular flexibility index (Phi) is 4.06. The number of pyridine rings is 1. The molecule has 0 unspecified atom stereocenters. The summed E-state index contributed by atoms with van der Waals surface area (Å²) in [6.45, 7) is 1.12. The Morgan fingerprint density at radius 3 is 3.18 bits per heavy atom. The molecule has 116 valence electrons. The number of aryl methyl sites for hydroxylation is 1. The summed E-state index contributed by atoms with van der Waals surface area (Å²) in [5.74, 6) is -0.186. The second-order valence-electron chi connectivity index (χ2n) is 5.41. The quantitative estimate of drug-likeness (QED) is 0.866. The number of ether oxygens (including phenoxy) is 1. The number of aromatic amines is 1. The predicted molar refractivity (Wildman–Crippen MR) is 79.4 cm³/mol. The van der Waals surface area contributed by atoms with Gasteiger partial charge in [0.1, 0.15) is 5.56 Å². The summed E-state index contributed by atoms with van der Waals surface area (Å²) < 4.78 is 7.49. The fourth-order valence-electron chi connectivity index (χ4n) is 2.72. The third-order valence-corrected chi connectivity index (χ3v) is 3.86. The van der Waals surface area contributed by atoms with Gasteiger partial charge in [0.2, 0.25) is 0 Å². The highest BCUT2D eigenvalue weighted by Crippen LogP contribution is 2.33. The van der Waals surface area contributed by atoms with Crippen molar-refractivity contribution in [2.75, 3.05) is 13.2 Å². The van der Waals surface area contributed by atoms with Gasteiger partial charge in [0, 0.05) is 44.1 Å². The van der Waals surface area contributed by atoms with Gasteiger partial charge in [0.25, 0.3) is 11.5 Å². The van der Waals surface area contributed by atoms with Gasteiger partial charge >= 0.3 is 0 Å². The largest absolute Gasteiger partial charge is 0.373 e. The number of hydrogen-bond donors (Lipinski definition) is 2. The number of nitrogens with zero attached hydrogens (tertiary/aromatic N) is 2. The average Bonchev–Trinajstić information content (AvgIpc) is 3.13. The predicted octanol–water partition coefficient (Wildman–Crippen LogP) is 0.616. The van der Waals surface area contributed by atoms with E-state index in [4.69, 9.17) is 4.74 Å². The van der Waals surface area contributed by atoms with Crippen LogP contribution in [-0.4, -0.2) is 33.8 Å². The number of carbonyl (C=O) groups excluding carboxylic acids is 1. The molecule has 0 bridgehead atoms. The van der Waals surface area contributed by atoms with E-state index in [9.17, 15) is 9.59 Å². The lowest BCUT2D eigenvalue weighted by Crippen LogP contribution is -2.33. The molecular weight excluding hydrogens is 284 g/mol. The summed E-state index contributed by atoms with van der Waals surface area (Å²) in [6, 6.07) is 3.14. The Morgan fingerprint density at radius 1 is 1.59 bits per heavy atom. The van der Waals surface area contributed by atoms with E-state index in [0.717, 1.165) is 12.0 Å². The summed E-state index contributed by atoms with van der Waals surface area (Å²) in [6.07, 6.45) is 6.01. The van der Waals surface area contributed by atoms with E-state index < -0.39 is 0 Å². The second-order valence-corrected chi connectivity index (χ2v) is 5.41. The van der Waals surface area contributed by atoms with Crippen LogP contribution in [0.3, 0.4) is 0 Å².